The highest BCUT2D eigenvalue weighted by Gasteiger charge is 2.27. The summed E-state index contributed by atoms with van der Waals surface area (Å²) in [6.45, 7) is 2.43. The monoisotopic (exact) mass is 496 g/mol. The molecule has 0 fully saturated rings. The number of anilines is 1. The first-order chi connectivity index (χ1) is 15.8. The summed E-state index contributed by atoms with van der Waals surface area (Å²) in [4.78, 5) is 19.0. The van der Waals surface area contributed by atoms with Gasteiger partial charge in [0.1, 0.15) is 6.61 Å². The van der Waals surface area contributed by atoms with Crippen molar-refractivity contribution >= 4 is 54.0 Å². The molecule has 0 aliphatic heterocycles. The fourth-order valence-corrected chi connectivity index (χ4v) is 4.41. The summed E-state index contributed by atoms with van der Waals surface area (Å²) in [5.41, 5.74) is 7.19. The minimum atomic E-state index is 0. The number of benzene rings is 3. The van der Waals surface area contributed by atoms with Gasteiger partial charge in [-0.25, -0.2) is 0 Å². The molecule has 0 spiro atoms. The van der Waals surface area contributed by atoms with Gasteiger partial charge in [-0.3, -0.25) is 9.89 Å². The first-order valence-electron chi connectivity index (χ1n) is 10.8. The number of hydrogen-bond acceptors (Lipinski definition) is 4. The Balaban J connectivity index is 0.00000162. The van der Waals surface area contributed by atoms with Crippen molar-refractivity contribution in [2.75, 3.05) is 11.5 Å². The maximum absolute atomic E-state index is 12.1. The molecule has 1 aromatic heterocycles. The normalized spacial score (nSPS) is 12.7. The summed E-state index contributed by atoms with van der Waals surface area (Å²) in [6.07, 6.45) is 4.38. The highest BCUT2D eigenvalue weighted by molar-refractivity contribution is 5.97. The predicted octanol–water partition coefficient (Wildman–Crippen LogP) is 5.57. The third-order valence-electron chi connectivity index (χ3n) is 5.95. The van der Waals surface area contributed by atoms with Crippen LogP contribution in [0.3, 0.4) is 0 Å². The molecule has 0 unspecified atom stereocenters. The van der Waals surface area contributed by atoms with E-state index in [1.54, 1.807) is 6.21 Å². The average molecular weight is 497 g/mol. The summed E-state index contributed by atoms with van der Waals surface area (Å²) in [7, 11) is 0. The number of rotatable bonds is 7. The molecule has 0 radical (unpaired) electrons. The van der Waals surface area contributed by atoms with Gasteiger partial charge in [0.15, 0.2) is 0 Å². The molecule has 1 amide bonds. The van der Waals surface area contributed by atoms with Gasteiger partial charge < -0.3 is 9.74 Å². The number of aromatic nitrogens is 2. The second-order valence-corrected chi connectivity index (χ2v) is 7.92. The lowest BCUT2D eigenvalue weighted by Crippen LogP contribution is -2.34. The van der Waals surface area contributed by atoms with E-state index in [4.69, 9.17) is 4.84 Å². The topological polar surface area (TPSA) is 70.6 Å². The Labute approximate surface area is 210 Å². The van der Waals surface area contributed by atoms with Crippen molar-refractivity contribution in [2.45, 2.75) is 25.8 Å². The minimum absolute atomic E-state index is 0. The molecule has 0 bridgehead atoms. The van der Waals surface area contributed by atoms with Crippen LogP contribution in [0.4, 0.5) is 5.69 Å². The number of hydrogen-bond donors (Lipinski definition) is 1. The second-order valence-electron chi connectivity index (χ2n) is 7.92. The molecular weight excluding hydrogens is 471 g/mol. The van der Waals surface area contributed by atoms with Crippen molar-refractivity contribution < 1.29 is 9.63 Å². The maximum atomic E-state index is 12.1. The zero-order valence-electron chi connectivity index (χ0n) is 18.7. The highest BCUT2D eigenvalue weighted by Crippen LogP contribution is 2.32. The van der Waals surface area contributed by atoms with Crippen LogP contribution in [0.15, 0.2) is 71.9 Å². The van der Waals surface area contributed by atoms with Crippen LogP contribution < -0.4 is 4.90 Å². The number of amides is 1. The Bertz CT molecular complexity index is 1280. The van der Waals surface area contributed by atoms with Crippen LogP contribution in [0.25, 0.3) is 22.2 Å². The Kier molecular flexibility index (Phi) is 8.31. The predicted molar refractivity (Wildman–Crippen MR) is 141 cm³/mol. The average Bonchev–Trinajstić information content (AvgIpc) is 3.44. The summed E-state index contributed by atoms with van der Waals surface area (Å²) in [6, 6.07) is 22.5. The molecule has 1 heterocycles. The van der Waals surface area contributed by atoms with Gasteiger partial charge in [-0.1, -0.05) is 47.6 Å². The molecule has 1 aliphatic carbocycles. The molecule has 0 atom stereocenters. The fourth-order valence-electron chi connectivity index (χ4n) is 4.41. The van der Waals surface area contributed by atoms with Crippen LogP contribution in [0.5, 0.6) is 0 Å². The molecule has 3 aromatic carbocycles. The van der Waals surface area contributed by atoms with E-state index in [0.717, 1.165) is 52.7 Å². The molecule has 34 heavy (non-hydrogen) atoms. The summed E-state index contributed by atoms with van der Waals surface area (Å²) in [5.74, 6) is 0. The van der Waals surface area contributed by atoms with E-state index in [-0.39, 0.29) is 30.9 Å². The third-order valence-corrected chi connectivity index (χ3v) is 5.95. The van der Waals surface area contributed by atoms with Crippen molar-refractivity contribution in [1.29, 1.82) is 0 Å². The number of H-pyrrole nitrogens is 1. The summed E-state index contributed by atoms with van der Waals surface area (Å²) in [5, 5.41) is 12.6. The lowest BCUT2D eigenvalue weighted by atomic mass is 10.0. The Morgan fingerprint density at radius 3 is 2.53 bits per heavy atom. The van der Waals surface area contributed by atoms with Crippen LogP contribution in [0, 0.1) is 0 Å². The van der Waals surface area contributed by atoms with Crippen LogP contribution in [-0.2, 0) is 22.5 Å². The van der Waals surface area contributed by atoms with E-state index < -0.39 is 0 Å². The van der Waals surface area contributed by atoms with Gasteiger partial charge in [0.2, 0.25) is 6.41 Å². The molecule has 0 saturated carbocycles. The third kappa shape index (κ3) is 4.93. The molecular formula is C26H26Cl2N4O2. The number of carbonyl (C=O) groups excluding carboxylic acids is 1. The van der Waals surface area contributed by atoms with E-state index in [1.165, 1.54) is 11.1 Å². The highest BCUT2D eigenvalue weighted by atomic mass is 35.5. The van der Waals surface area contributed by atoms with Crippen LogP contribution >= 0.6 is 24.8 Å². The number of halogens is 2. The largest absolute Gasteiger partial charge is 0.396 e. The smallest absolute Gasteiger partial charge is 0.214 e. The zero-order valence-corrected chi connectivity index (χ0v) is 20.3. The van der Waals surface area contributed by atoms with Crippen LogP contribution in [-0.4, -0.2) is 35.5 Å². The SMILES string of the molecule is CCON=Cc1ccc2[nH]nc(-c3cccc(N(C=O)C4Cc5ccccc5C4)c3)c2c1.Cl.Cl. The lowest BCUT2D eigenvalue weighted by molar-refractivity contribution is -0.107. The summed E-state index contributed by atoms with van der Waals surface area (Å²) >= 11 is 0. The van der Waals surface area contributed by atoms with Gasteiger partial charge in [0.25, 0.3) is 0 Å². The molecule has 176 valence electrons. The standard InChI is InChI=1S/C26H24N4O2.2ClH/c1-2-32-27-16-18-10-11-25-24(12-18)26(29-28-25)21-8-5-9-22(15-21)30(17-31)23-13-19-6-3-4-7-20(19)14-23;;/h3-12,15-17,23H,2,13-14H2,1H3,(H,28,29);2*1H. The number of nitrogens with zero attached hydrogens (tertiary/aromatic N) is 3. The molecule has 0 saturated heterocycles. The quantitative estimate of drug-likeness (QED) is 0.206. The molecule has 1 aliphatic rings. The number of aromatic amines is 1. The number of fused-ring (bicyclic) bond motifs is 2. The Hall–Kier alpha value is -3.35. The minimum Gasteiger partial charge on any atom is -0.396 e. The van der Waals surface area contributed by atoms with Crippen LogP contribution in [0.1, 0.15) is 23.6 Å². The Morgan fingerprint density at radius 1 is 1.06 bits per heavy atom. The molecule has 8 heteroatoms. The van der Waals surface area contributed by atoms with Crippen molar-refractivity contribution in [3.8, 4) is 11.3 Å². The van der Waals surface area contributed by atoms with Gasteiger partial charge in [-0.15, -0.1) is 24.8 Å². The fraction of sp³-hybridized carbons (Fsp3) is 0.192. The summed E-state index contributed by atoms with van der Waals surface area (Å²) < 4.78 is 0. The zero-order chi connectivity index (χ0) is 21.9. The molecule has 5 rings (SSSR count). The first kappa shape index (κ1) is 25.3. The van der Waals surface area contributed by atoms with Gasteiger partial charge in [-0.2, -0.15) is 5.10 Å². The van der Waals surface area contributed by atoms with E-state index in [0.29, 0.717) is 6.61 Å². The van der Waals surface area contributed by atoms with Crippen molar-refractivity contribution in [3.05, 3.63) is 83.4 Å². The van der Waals surface area contributed by atoms with E-state index in [1.807, 2.05) is 54.3 Å². The lowest BCUT2D eigenvalue weighted by Gasteiger charge is -2.25. The van der Waals surface area contributed by atoms with E-state index >= 15 is 0 Å². The molecule has 1 N–H and O–H groups in total. The number of oxime groups is 1. The van der Waals surface area contributed by atoms with Gasteiger partial charge in [-0.05, 0) is 60.7 Å². The number of nitrogens with one attached hydrogen (secondary N) is 1. The Morgan fingerprint density at radius 2 is 1.82 bits per heavy atom. The van der Waals surface area contributed by atoms with E-state index in [2.05, 4.69) is 39.6 Å². The van der Waals surface area contributed by atoms with E-state index in [9.17, 15) is 4.79 Å². The first-order valence-corrected chi connectivity index (χ1v) is 10.8. The van der Waals surface area contributed by atoms with Crippen molar-refractivity contribution in [1.82, 2.24) is 10.2 Å². The second kappa shape index (κ2) is 11.2. The van der Waals surface area contributed by atoms with Gasteiger partial charge in [0, 0.05) is 22.7 Å². The van der Waals surface area contributed by atoms with Gasteiger partial charge >= 0.3 is 0 Å². The van der Waals surface area contributed by atoms with Crippen molar-refractivity contribution in [3.63, 3.8) is 0 Å². The maximum Gasteiger partial charge on any atom is 0.214 e. The molecule has 4 aromatic rings. The van der Waals surface area contributed by atoms with Crippen molar-refractivity contribution in [2.24, 2.45) is 5.16 Å². The molecule has 6 nitrogen and oxygen atoms in total. The number of carbonyl (C=O) groups is 1. The van der Waals surface area contributed by atoms with Gasteiger partial charge in [0.05, 0.1) is 17.4 Å². The van der Waals surface area contributed by atoms with Crippen LogP contribution in [0.2, 0.25) is 0 Å².